The molecule has 0 bridgehead atoms. The van der Waals surface area contributed by atoms with Crippen LogP contribution < -0.4 is 0 Å². The SMILES string of the molecule is CCCCC=CCCCCCCCCCC=CC=CC(=O)O. The molecule has 126 valence electrons. The summed E-state index contributed by atoms with van der Waals surface area (Å²) < 4.78 is 0. The van der Waals surface area contributed by atoms with E-state index in [1.54, 1.807) is 6.08 Å². The van der Waals surface area contributed by atoms with Gasteiger partial charge in [-0.15, -0.1) is 0 Å². The van der Waals surface area contributed by atoms with Crippen molar-refractivity contribution in [1.29, 1.82) is 0 Å². The van der Waals surface area contributed by atoms with Crippen LogP contribution in [-0.2, 0) is 4.79 Å². The van der Waals surface area contributed by atoms with E-state index < -0.39 is 5.97 Å². The number of rotatable bonds is 15. The maximum Gasteiger partial charge on any atom is 0.328 e. The number of hydrogen-bond donors (Lipinski definition) is 1. The summed E-state index contributed by atoms with van der Waals surface area (Å²) in [5.74, 6) is -0.888. The zero-order valence-electron chi connectivity index (χ0n) is 14.3. The molecular weight excluding hydrogens is 272 g/mol. The van der Waals surface area contributed by atoms with Crippen molar-refractivity contribution in [2.45, 2.75) is 84.0 Å². The highest BCUT2D eigenvalue weighted by atomic mass is 16.4. The van der Waals surface area contributed by atoms with E-state index in [1.165, 1.54) is 70.6 Å². The second-order valence-electron chi connectivity index (χ2n) is 5.79. The second-order valence-corrected chi connectivity index (χ2v) is 5.79. The van der Waals surface area contributed by atoms with Crippen molar-refractivity contribution in [3.8, 4) is 0 Å². The molecule has 1 N–H and O–H groups in total. The Labute approximate surface area is 137 Å². The molecule has 2 heteroatoms. The molecule has 0 aromatic heterocycles. The third kappa shape index (κ3) is 18.7. The van der Waals surface area contributed by atoms with Crippen LogP contribution in [0.3, 0.4) is 0 Å². The monoisotopic (exact) mass is 306 g/mol. The Morgan fingerprint density at radius 2 is 1.23 bits per heavy atom. The van der Waals surface area contributed by atoms with E-state index in [-0.39, 0.29) is 0 Å². The molecule has 0 amide bonds. The van der Waals surface area contributed by atoms with Gasteiger partial charge in [0, 0.05) is 6.08 Å². The average Bonchev–Trinajstić information content (AvgIpc) is 2.50. The molecule has 0 spiro atoms. The number of carboxylic acid groups (broad SMARTS) is 1. The fraction of sp³-hybridized carbons (Fsp3) is 0.650. The first-order chi connectivity index (χ1) is 10.8. The summed E-state index contributed by atoms with van der Waals surface area (Å²) in [5.41, 5.74) is 0. The van der Waals surface area contributed by atoms with Crippen LogP contribution in [0.4, 0.5) is 0 Å². The Morgan fingerprint density at radius 1 is 0.727 bits per heavy atom. The number of carboxylic acids is 1. The molecule has 22 heavy (non-hydrogen) atoms. The van der Waals surface area contributed by atoms with Gasteiger partial charge in [0.1, 0.15) is 0 Å². The Kier molecular flexibility index (Phi) is 16.7. The summed E-state index contributed by atoms with van der Waals surface area (Å²) >= 11 is 0. The topological polar surface area (TPSA) is 37.3 Å². The van der Waals surface area contributed by atoms with Crippen molar-refractivity contribution >= 4 is 5.97 Å². The third-order valence-corrected chi connectivity index (χ3v) is 3.62. The number of unbranched alkanes of at least 4 members (excludes halogenated alkanes) is 10. The van der Waals surface area contributed by atoms with E-state index in [1.807, 2.05) is 12.2 Å². The molecule has 0 saturated heterocycles. The molecule has 0 aromatic rings. The second kappa shape index (κ2) is 17.7. The molecule has 0 fully saturated rings. The van der Waals surface area contributed by atoms with Gasteiger partial charge in [-0.25, -0.2) is 4.79 Å². The summed E-state index contributed by atoms with van der Waals surface area (Å²) in [5, 5.41) is 8.41. The van der Waals surface area contributed by atoms with Crippen LogP contribution >= 0.6 is 0 Å². The van der Waals surface area contributed by atoms with E-state index in [0.29, 0.717) is 0 Å². The van der Waals surface area contributed by atoms with Crippen LogP contribution in [0.5, 0.6) is 0 Å². The van der Waals surface area contributed by atoms with Crippen molar-refractivity contribution in [3.05, 3.63) is 36.5 Å². The van der Waals surface area contributed by atoms with Crippen molar-refractivity contribution in [2.24, 2.45) is 0 Å². The molecule has 0 rings (SSSR count). The summed E-state index contributed by atoms with van der Waals surface area (Å²) in [6.45, 7) is 2.24. The van der Waals surface area contributed by atoms with Crippen molar-refractivity contribution in [2.75, 3.05) is 0 Å². The Bertz CT molecular complexity index is 327. The largest absolute Gasteiger partial charge is 0.478 e. The van der Waals surface area contributed by atoms with Crippen LogP contribution in [0, 0.1) is 0 Å². The lowest BCUT2D eigenvalue weighted by Crippen LogP contribution is -1.84. The molecule has 0 aromatic carbocycles. The molecule has 0 radical (unpaired) electrons. The van der Waals surface area contributed by atoms with Gasteiger partial charge in [-0.3, -0.25) is 0 Å². The Morgan fingerprint density at radius 3 is 1.77 bits per heavy atom. The van der Waals surface area contributed by atoms with Crippen molar-refractivity contribution in [3.63, 3.8) is 0 Å². The Balaban J connectivity index is 3.17. The first kappa shape index (κ1) is 20.7. The van der Waals surface area contributed by atoms with E-state index >= 15 is 0 Å². The van der Waals surface area contributed by atoms with Gasteiger partial charge in [0.15, 0.2) is 0 Å². The highest BCUT2D eigenvalue weighted by molar-refractivity contribution is 5.80. The average molecular weight is 306 g/mol. The maximum absolute atomic E-state index is 10.2. The highest BCUT2D eigenvalue weighted by Crippen LogP contribution is 2.10. The van der Waals surface area contributed by atoms with Gasteiger partial charge in [-0.2, -0.15) is 0 Å². The molecule has 2 nitrogen and oxygen atoms in total. The lowest BCUT2D eigenvalue weighted by atomic mass is 10.1. The lowest BCUT2D eigenvalue weighted by molar-refractivity contribution is -0.131. The van der Waals surface area contributed by atoms with Gasteiger partial charge in [0.2, 0.25) is 0 Å². The number of carbonyl (C=O) groups is 1. The standard InChI is InChI=1S/C20H34O2/c1-2-3-4-5-6-7-8-9-10-11-12-13-14-15-16-17-18-19-20(21)22/h5-6,16-19H,2-4,7-15H2,1H3,(H,21,22). The quantitative estimate of drug-likeness (QED) is 0.163. The number of hydrogen-bond acceptors (Lipinski definition) is 1. The van der Waals surface area contributed by atoms with Gasteiger partial charge in [-0.05, 0) is 32.1 Å². The molecule has 0 aliphatic carbocycles. The van der Waals surface area contributed by atoms with Gasteiger partial charge in [0.05, 0.1) is 0 Å². The van der Waals surface area contributed by atoms with Gasteiger partial charge in [-0.1, -0.05) is 82.2 Å². The van der Waals surface area contributed by atoms with E-state index in [0.717, 1.165) is 12.5 Å². The predicted molar refractivity (Wildman–Crippen MR) is 96.1 cm³/mol. The predicted octanol–water partition coefficient (Wildman–Crippen LogP) is 6.44. The van der Waals surface area contributed by atoms with Crippen LogP contribution in [0.1, 0.15) is 84.0 Å². The summed E-state index contributed by atoms with van der Waals surface area (Å²) in [4.78, 5) is 10.2. The maximum atomic E-state index is 10.2. The van der Waals surface area contributed by atoms with Crippen molar-refractivity contribution < 1.29 is 9.90 Å². The fourth-order valence-electron chi connectivity index (χ4n) is 2.28. The van der Waals surface area contributed by atoms with E-state index in [4.69, 9.17) is 5.11 Å². The lowest BCUT2D eigenvalue weighted by Gasteiger charge is -2.00. The third-order valence-electron chi connectivity index (χ3n) is 3.62. The van der Waals surface area contributed by atoms with E-state index in [9.17, 15) is 4.79 Å². The van der Waals surface area contributed by atoms with Crippen LogP contribution in [0.15, 0.2) is 36.5 Å². The van der Waals surface area contributed by atoms with Gasteiger partial charge in [0.25, 0.3) is 0 Å². The van der Waals surface area contributed by atoms with Crippen molar-refractivity contribution in [1.82, 2.24) is 0 Å². The molecule has 0 aliphatic heterocycles. The minimum absolute atomic E-state index is 0.888. The minimum Gasteiger partial charge on any atom is -0.478 e. The molecule has 0 atom stereocenters. The fourth-order valence-corrected chi connectivity index (χ4v) is 2.28. The molecule has 0 heterocycles. The van der Waals surface area contributed by atoms with Gasteiger partial charge < -0.3 is 5.11 Å². The van der Waals surface area contributed by atoms with Crippen LogP contribution in [0.25, 0.3) is 0 Å². The normalized spacial score (nSPS) is 12.0. The molecule has 0 unspecified atom stereocenters. The highest BCUT2D eigenvalue weighted by Gasteiger charge is 1.91. The smallest absolute Gasteiger partial charge is 0.328 e. The first-order valence-corrected chi connectivity index (χ1v) is 8.98. The van der Waals surface area contributed by atoms with Gasteiger partial charge >= 0.3 is 5.97 Å². The number of allylic oxidation sites excluding steroid dienone is 5. The zero-order chi connectivity index (χ0) is 16.3. The summed E-state index contributed by atoms with van der Waals surface area (Å²) in [7, 11) is 0. The van der Waals surface area contributed by atoms with Crippen LogP contribution in [-0.4, -0.2) is 11.1 Å². The molecule has 0 saturated carbocycles. The number of aliphatic carboxylic acids is 1. The van der Waals surface area contributed by atoms with E-state index in [2.05, 4.69) is 19.1 Å². The minimum atomic E-state index is -0.888. The zero-order valence-corrected chi connectivity index (χ0v) is 14.3. The summed E-state index contributed by atoms with van der Waals surface area (Å²) in [6.07, 6.45) is 26.7. The summed E-state index contributed by atoms with van der Waals surface area (Å²) in [6, 6.07) is 0. The first-order valence-electron chi connectivity index (χ1n) is 8.98. The molecule has 0 aliphatic rings. The van der Waals surface area contributed by atoms with Crippen LogP contribution in [0.2, 0.25) is 0 Å². The Hall–Kier alpha value is -1.31. The molecular formula is C20H34O2.